The Morgan fingerprint density at radius 3 is 2.75 bits per heavy atom. The Labute approximate surface area is 145 Å². The maximum absolute atomic E-state index is 12.6. The monoisotopic (exact) mass is 362 g/mol. The van der Waals surface area contributed by atoms with E-state index in [4.69, 9.17) is 0 Å². The molecular formula is C17H18N2O3S2. The van der Waals surface area contributed by atoms with Crippen LogP contribution in [0.1, 0.15) is 18.9 Å². The molecule has 0 saturated heterocycles. The molecule has 0 saturated carbocycles. The largest absolute Gasteiger partial charge is 0.325 e. The molecule has 0 aromatic heterocycles. The first-order chi connectivity index (χ1) is 11.3. The van der Waals surface area contributed by atoms with E-state index in [1.165, 1.54) is 6.07 Å². The van der Waals surface area contributed by atoms with E-state index in [2.05, 4.69) is 10.0 Å². The van der Waals surface area contributed by atoms with Crippen molar-refractivity contribution in [1.29, 1.82) is 0 Å². The van der Waals surface area contributed by atoms with Crippen LogP contribution >= 0.6 is 11.8 Å². The maximum Gasteiger partial charge on any atom is 0.261 e. The first-order valence-electron chi connectivity index (χ1n) is 7.53. The molecule has 1 aliphatic heterocycles. The second kappa shape index (κ2) is 6.49. The van der Waals surface area contributed by atoms with Crippen molar-refractivity contribution >= 4 is 39.1 Å². The molecular weight excluding hydrogens is 344 g/mol. The number of hydrogen-bond donors (Lipinski definition) is 2. The number of nitrogens with one attached hydrogen (secondary N) is 2. The first-order valence-corrected chi connectivity index (χ1v) is 9.90. The number of hydrogen-bond acceptors (Lipinski definition) is 4. The molecule has 1 unspecified atom stereocenters. The van der Waals surface area contributed by atoms with Crippen LogP contribution in [0.5, 0.6) is 0 Å². The van der Waals surface area contributed by atoms with Crippen LogP contribution in [-0.4, -0.2) is 19.6 Å². The number of amides is 1. The van der Waals surface area contributed by atoms with E-state index >= 15 is 0 Å². The van der Waals surface area contributed by atoms with E-state index in [0.29, 0.717) is 17.8 Å². The average Bonchev–Trinajstić information content (AvgIpc) is 2.62. The molecule has 1 aliphatic rings. The normalized spacial score (nSPS) is 17.6. The molecule has 1 amide bonds. The average molecular weight is 362 g/mol. The zero-order valence-electron chi connectivity index (χ0n) is 13.4. The number of fused-ring (bicyclic) bond motifs is 1. The Morgan fingerprint density at radius 1 is 1.21 bits per heavy atom. The lowest BCUT2D eigenvalue weighted by molar-refractivity contribution is -0.116. The molecule has 0 radical (unpaired) electrons. The van der Waals surface area contributed by atoms with Gasteiger partial charge in [-0.05, 0) is 42.8 Å². The number of thioether (sulfide) groups is 1. The highest BCUT2D eigenvalue weighted by atomic mass is 32.2. The first kappa shape index (κ1) is 16.9. The highest BCUT2D eigenvalue weighted by molar-refractivity contribution is 8.00. The zero-order chi connectivity index (χ0) is 17.3. The quantitative estimate of drug-likeness (QED) is 0.874. The molecule has 0 bridgehead atoms. The van der Waals surface area contributed by atoms with Gasteiger partial charge < -0.3 is 5.32 Å². The predicted molar refractivity (Wildman–Crippen MR) is 97.0 cm³/mol. The molecule has 2 aromatic rings. The Kier molecular flexibility index (Phi) is 4.56. The molecule has 126 valence electrons. The third kappa shape index (κ3) is 3.73. The van der Waals surface area contributed by atoms with Gasteiger partial charge in [-0.3, -0.25) is 9.52 Å². The predicted octanol–water partition coefficient (Wildman–Crippen LogP) is 3.62. The van der Waals surface area contributed by atoms with Gasteiger partial charge in [-0.25, -0.2) is 8.42 Å². The van der Waals surface area contributed by atoms with Crippen LogP contribution in [0.15, 0.2) is 52.3 Å². The summed E-state index contributed by atoms with van der Waals surface area (Å²) < 4.78 is 27.8. The standard InChI is InChI=1S/C17H18N2O3S2/c1-11-4-3-5-13(8-11)19-24(21,22)14-6-7-16-15(10-14)18-17(20)9-12(2)23-16/h3-8,10,12,19H,9H2,1-2H3,(H,18,20). The number of carbonyl (C=O) groups excluding carboxylic acids is 1. The fourth-order valence-corrected chi connectivity index (χ4v) is 4.65. The smallest absolute Gasteiger partial charge is 0.261 e. The SMILES string of the molecule is Cc1cccc(NS(=O)(=O)c2ccc3c(c2)NC(=O)CC(C)S3)c1. The second-order valence-electron chi connectivity index (χ2n) is 5.81. The third-order valence-electron chi connectivity index (χ3n) is 3.61. The van der Waals surface area contributed by atoms with Gasteiger partial charge in [0.15, 0.2) is 0 Å². The van der Waals surface area contributed by atoms with Gasteiger partial charge in [0.25, 0.3) is 10.0 Å². The van der Waals surface area contributed by atoms with Crippen molar-refractivity contribution in [3.8, 4) is 0 Å². The maximum atomic E-state index is 12.6. The lowest BCUT2D eigenvalue weighted by Crippen LogP contribution is -2.15. The highest BCUT2D eigenvalue weighted by Gasteiger charge is 2.22. The van der Waals surface area contributed by atoms with Gasteiger partial charge in [0.1, 0.15) is 0 Å². The molecule has 0 aliphatic carbocycles. The minimum Gasteiger partial charge on any atom is -0.325 e. The molecule has 1 atom stereocenters. The summed E-state index contributed by atoms with van der Waals surface area (Å²) in [5, 5.41) is 2.94. The fraction of sp³-hybridized carbons (Fsp3) is 0.235. The van der Waals surface area contributed by atoms with Crippen LogP contribution in [0.3, 0.4) is 0 Å². The second-order valence-corrected chi connectivity index (χ2v) is 8.98. The van der Waals surface area contributed by atoms with E-state index in [9.17, 15) is 13.2 Å². The number of rotatable bonds is 3. The number of carbonyl (C=O) groups is 1. The van der Waals surface area contributed by atoms with Crippen molar-refractivity contribution in [3.05, 3.63) is 48.0 Å². The summed E-state index contributed by atoms with van der Waals surface area (Å²) in [5.74, 6) is -0.102. The van der Waals surface area contributed by atoms with Gasteiger partial charge in [-0.15, -0.1) is 11.8 Å². The number of aryl methyl sites for hydroxylation is 1. The van der Waals surface area contributed by atoms with Crippen LogP contribution in [-0.2, 0) is 14.8 Å². The summed E-state index contributed by atoms with van der Waals surface area (Å²) in [6, 6.07) is 12.0. The van der Waals surface area contributed by atoms with Crippen molar-refractivity contribution in [2.45, 2.75) is 35.3 Å². The van der Waals surface area contributed by atoms with Crippen LogP contribution in [0, 0.1) is 6.92 Å². The van der Waals surface area contributed by atoms with Gasteiger partial charge in [0.2, 0.25) is 5.91 Å². The van der Waals surface area contributed by atoms with E-state index in [0.717, 1.165) is 10.5 Å². The summed E-state index contributed by atoms with van der Waals surface area (Å²) in [5.41, 5.74) is 2.02. The summed E-state index contributed by atoms with van der Waals surface area (Å²) in [6.07, 6.45) is 0.406. The number of anilines is 2. The van der Waals surface area contributed by atoms with Crippen LogP contribution in [0.25, 0.3) is 0 Å². The van der Waals surface area contributed by atoms with E-state index < -0.39 is 10.0 Å². The Morgan fingerprint density at radius 2 is 2.00 bits per heavy atom. The van der Waals surface area contributed by atoms with Crippen molar-refractivity contribution in [3.63, 3.8) is 0 Å². The van der Waals surface area contributed by atoms with Gasteiger partial charge in [-0.2, -0.15) is 0 Å². The summed E-state index contributed by atoms with van der Waals surface area (Å²) in [4.78, 5) is 12.9. The lowest BCUT2D eigenvalue weighted by atomic mass is 10.2. The molecule has 0 spiro atoms. The highest BCUT2D eigenvalue weighted by Crippen LogP contribution is 2.36. The van der Waals surface area contributed by atoms with E-state index in [1.807, 2.05) is 19.9 Å². The molecule has 2 aromatic carbocycles. The van der Waals surface area contributed by atoms with E-state index in [1.54, 1.807) is 42.1 Å². The Hall–Kier alpha value is -1.99. The van der Waals surface area contributed by atoms with Crippen LogP contribution < -0.4 is 10.0 Å². The topological polar surface area (TPSA) is 75.3 Å². The van der Waals surface area contributed by atoms with Crippen LogP contribution in [0.4, 0.5) is 11.4 Å². The van der Waals surface area contributed by atoms with Crippen molar-refractivity contribution in [2.24, 2.45) is 0 Å². The molecule has 5 nitrogen and oxygen atoms in total. The number of benzene rings is 2. The van der Waals surface area contributed by atoms with Gasteiger partial charge in [-0.1, -0.05) is 19.1 Å². The third-order valence-corrected chi connectivity index (χ3v) is 6.16. The summed E-state index contributed by atoms with van der Waals surface area (Å²) >= 11 is 1.56. The fourth-order valence-electron chi connectivity index (χ4n) is 2.52. The van der Waals surface area contributed by atoms with Crippen molar-refractivity contribution in [1.82, 2.24) is 0 Å². The Balaban J connectivity index is 1.93. The molecule has 24 heavy (non-hydrogen) atoms. The Bertz CT molecular complexity index is 894. The van der Waals surface area contributed by atoms with Gasteiger partial charge in [0.05, 0.1) is 10.6 Å². The molecule has 2 N–H and O–H groups in total. The molecule has 3 rings (SSSR count). The molecule has 0 fully saturated rings. The number of sulfonamides is 1. The molecule has 7 heteroatoms. The summed E-state index contributed by atoms with van der Waals surface area (Å²) in [7, 11) is -3.72. The minimum atomic E-state index is -3.72. The lowest BCUT2D eigenvalue weighted by Gasteiger charge is -2.12. The van der Waals surface area contributed by atoms with Gasteiger partial charge >= 0.3 is 0 Å². The van der Waals surface area contributed by atoms with Crippen molar-refractivity contribution < 1.29 is 13.2 Å². The molecule has 1 heterocycles. The summed E-state index contributed by atoms with van der Waals surface area (Å²) in [6.45, 7) is 3.87. The van der Waals surface area contributed by atoms with Crippen molar-refractivity contribution in [2.75, 3.05) is 10.0 Å². The zero-order valence-corrected chi connectivity index (χ0v) is 15.0. The van der Waals surface area contributed by atoms with E-state index in [-0.39, 0.29) is 16.1 Å². The van der Waals surface area contributed by atoms with Crippen LogP contribution in [0.2, 0.25) is 0 Å². The minimum absolute atomic E-state index is 0.102. The van der Waals surface area contributed by atoms with Gasteiger partial charge in [0, 0.05) is 22.3 Å².